The zero-order valence-electron chi connectivity index (χ0n) is 13.3. The van der Waals surface area contributed by atoms with Gasteiger partial charge in [-0.1, -0.05) is 16.9 Å². The van der Waals surface area contributed by atoms with E-state index in [-0.39, 0.29) is 0 Å². The molecule has 0 atom stereocenters. The lowest BCUT2D eigenvalue weighted by Gasteiger charge is -2.08. The van der Waals surface area contributed by atoms with Crippen molar-refractivity contribution >= 4 is 23.1 Å². The van der Waals surface area contributed by atoms with Crippen molar-refractivity contribution in [3.8, 4) is 11.5 Å². The molecule has 6 nitrogen and oxygen atoms in total. The quantitative estimate of drug-likeness (QED) is 0.607. The Morgan fingerprint density at radius 2 is 2.22 bits per heavy atom. The van der Waals surface area contributed by atoms with Crippen molar-refractivity contribution in [1.82, 2.24) is 19.7 Å². The maximum Gasteiger partial charge on any atom is 0.258 e. The van der Waals surface area contributed by atoms with Crippen molar-refractivity contribution in [2.75, 3.05) is 13.7 Å². The van der Waals surface area contributed by atoms with E-state index in [1.165, 1.54) is 0 Å². The summed E-state index contributed by atoms with van der Waals surface area (Å²) in [5.74, 6) is 1.86. The summed E-state index contributed by atoms with van der Waals surface area (Å²) >= 11 is 3.22. The Labute approximate surface area is 142 Å². The average molecular weight is 350 g/mol. The first-order valence-electron chi connectivity index (χ1n) is 7.19. The van der Waals surface area contributed by atoms with Gasteiger partial charge >= 0.3 is 0 Å². The molecule has 0 fully saturated rings. The number of thiophene rings is 1. The molecule has 0 aromatic carbocycles. The number of hydrogen-bond donors (Lipinski definition) is 0. The van der Waals surface area contributed by atoms with Crippen molar-refractivity contribution < 1.29 is 9.26 Å². The lowest BCUT2D eigenvalue weighted by atomic mass is 10.3. The van der Waals surface area contributed by atoms with Crippen molar-refractivity contribution in [3.05, 3.63) is 34.0 Å². The van der Waals surface area contributed by atoms with Crippen molar-refractivity contribution in [2.24, 2.45) is 0 Å². The number of nitrogens with zero attached hydrogens (tertiary/aromatic N) is 4. The normalized spacial score (nSPS) is 11.3. The zero-order valence-corrected chi connectivity index (χ0v) is 14.9. The van der Waals surface area contributed by atoms with E-state index in [2.05, 4.69) is 26.6 Å². The molecule has 0 N–H and O–H groups in total. The Morgan fingerprint density at radius 1 is 1.35 bits per heavy atom. The minimum Gasteiger partial charge on any atom is -0.383 e. The van der Waals surface area contributed by atoms with Gasteiger partial charge in [0.25, 0.3) is 5.89 Å². The van der Waals surface area contributed by atoms with Crippen LogP contribution < -0.4 is 0 Å². The standard InChI is InChI=1S/C15H18N4O2S2/c1-10-11(2)19(5-6-20-3)15(16-10)23-9-13-17-14(21-18-13)12-4-7-22-8-12/h4,7-8H,5-6,9H2,1-3H3. The van der Waals surface area contributed by atoms with Crippen LogP contribution >= 0.6 is 23.1 Å². The molecule has 23 heavy (non-hydrogen) atoms. The molecule has 0 aliphatic heterocycles. The Balaban J connectivity index is 1.70. The highest BCUT2D eigenvalue weighted by Gasteiger charge is 2.14. The van der Waals surface area contributed by atoms with Crippen LogP contribution in [0.15, 0.2) is 26.5 Å². The van der Waals surface area contributed by atoms with Crippen LogP contribution in [0.3, 0.4) is 0 Å². The van der Waals surface area contributed by atoms with E-state index in [0.29, 0.717) is 24.1 Å². The van der Waals surface area contributed by atoms with E-state index < -0.39 is 0 Å². The van der Waals surface area contributed by atoms with Crippen LogP contribution in [0.1, 0.15) is 17.2 Å². The fourth-order valence-electron chi connectivity index (χ4n) is 2.12. The van der Waals surface area contributed by atoms with Crippen LogP contribution in [0.4, 0.5) is 0 Å². The van der Waals surface area contributed by atoms with Crippen LogP contribution in [-0.2, 0) is 17.0 Å². The van der Waals surface area contributed by atoms with Gasteiger partial charge < -0.3 is 13.8 Å². The molecule has 0 saturated heterocycles. The number of aromatic nitrogens is 4. The van der Waals surface area contributed by atoms with Gasteiger partial charge in [-0.15, -0.1) is 0 Å². The predicted octanol–water partition coefficient (Wildman–Crippen LogP) is 3.55. The van der Waals surface area contributed by atoms with Gasteiger partial charge in [-0.3, -0.25) is 0 Å². The van der Waals surface area contributed by atoms with Gasteiger partial charge in [-0.2, -0.15) is 16.3 Å². The molecule has 0 aliphatic carbocycles. The number of hydrogen-bond acceptors (Lipinski definition) is 7. The number of ether oxygens (including phenoxy) is 1. The van der Waals surface area contributed by atoms with Gasteiger partial charge in [0.15, 0.2) is 11.0 Å². The highest BCUT2D eigenvalue weighted by molar-refractivity contribution is 7.98. The van der Waals surface area contributed by atoms with Crippen LogP contribution in [0.2, 0.25) is 0 Å². The third-order valence-corrected chi connectivity index (χ3v) is 5.16. The minimum absolute atomic E-state index is 0.567. The van der Waals surface area contributed by atoms with Gasteiger partial charge in [-0.25, -0.2) is 4.98 Å². The number of aryl methyl sites for hydroxylation is 1. The summed E-state index contributed by atoms with van der Waals surface area (Å²) in [7, 11) is 1.71. The maximum absolute atomic E-state index is 5.31. The van der Waals surface area contributed by atoms with Crippen LogP contribution in [0.5, 0.6) is 0 Å². The molecule has 3 aromatic rings. The van der Waals surface area contributed by atoms with Gasteiger partial charge in [0.2, 0.25) is 0 Å². The van der Waals surface area contributed by atoms with Crippen LogP contribution in [0, 0.1) is 13.8 Å². The first kappa shape index (κ1) is 16.2. The molecule has 0 aliphatic rings. The predicted molar refractivity (Wildman–Crippen MR) is 90.7 cm³/mol. The molecule has 0 unspecified atom stereocenters. The van der Waals surface area contributed by atoms with Gasteiger partial charge in [0.1, 0.15) is 0 Å². The first-order valence-corrected chi connectivity index (χ1v) is 9.12. The summed E-state index contributed by atoms with van der Waals surface area (Å²) in [6.45, 7) is 5.55. The molecule has 3 rings (SSSR count). The summed E-state index contributed by atoms with van der Waals surface area (Å²) in [5.41, 5.74) is 3.17. The largest absolute Gasteiger partial charge is 0.383 e. The number of imidazole rings is 1. The van der Waals surface area contributed by atoms with Gasteiger partial charge in [0.05, 0.1) is 23.6 Å². The Kier molecular flexibility index (Phi) is 5.14. The second kappa shape index (κ2) is 7.29. The molecule has 0 spiro atoms. The fraction of sp³-hybridized carbons (Fsp3) is 0.400. The molecule has 0 amide bonds. The summed E-state index contributed by atoms with van der Waals surface area (Å²) in [5, 5.41) is 8.99. The van der Waals surface area contributed by atoms with Gasteiger partial charge in [0, 0.05) is 24.7 Å². The summed E-state index contributed by atoms with van der Waals surface area (Å²) in [4.78, 5) is 9.06. The smallest absolute Gasteiger partial charge is 0.258 e. The van der Waals surface area contributed by atoms with Gasteiger partial charge in [-0.05, 0) is 25.3 Å². The molecule has 3 heterocycles. The molecular formula is C15H18N4O2S2. The van der Waals surface area contributed by atoms with Crippen molar-refractivity contribution in [3.63, 3.8) is 0 Å². The van der Waals surface area contributed by atoms with E-state index in [1.807, 2.05) is 23.8 Å². The minimum atomic E-state index is 0.567. The third-order valence-electron chi connectivity index (χ3n) is 3.51. The van der Waals surface area contributed by atoms with E-state index in [9.17, 15) is 0 Å². The Bertz CT molecular complexity index is 765. The second-order valence-corrected chi connectivity index (χ2v) is 6.75. The highest BCUT2D eigenvalue weighted by Crippen LogP contribution is 2.25. The molecule has 0 saturated carbocycles. The molecule has 0 radical (unpaired) electrons. The van der Waals surface area contributed by atoms with E-state index >= 15 is 0 Å². The van der Waals surface area contributed by atoms with E-state index in [0.717, 1.165) is 28.7 Å². The Morgan fingerprint density at radius 3 is 2.96 bits per heavy atom. The van der Waals surface area contributed by atoms with Crippen molar-refractivity contribution in [2.45, 2.75) is 31.3 Å². The highest BCUT2D eigenvalue weighted by atomic mass is 32.2. The summed E-state index contributed by atoms with van der Waals surface area (Å²) < 4.78 is 12.7. The average Bonchev–Trinajstić information content (AvgIpc) is 3.26. The lowest BCUT2D eigenvalue weighted by molar-refractivity contribution is 0.184. The molecule has 0 bridgehead atoms. The van der Waals surface area contributed by atoms with E-state index in [1.54, 1.807) is 30.2 Å². The lowest BCUT2D eigenvalue weighted by Crippen LogP contribution is -2.07. The van der Waals surface area contributed by atoms with Crippen LogP contribution in [-0.4, -0.2) is 33.4 Å². The Hall–Kier alpha value is -1.64. The molecule has 122 valence electrons. The number of rotatable bonds is 7. The summed E-state index contributed by atoms with van der Waals surface area (Å²) in [6, 6.07) is 1.97. The zero-order chi connectivity index (χ0) is 16.2. The number of thioether (sulfide) groups is 1. The SMILES string of the molecule is COCCn1c(SCc2noc(-c3ccsc3)n2)nc(C)c1C. The van der Waals surface area contributed by atoms with E-state index in [4.69, 9.17) is 9.26 Å². The fourth-order valence-corrected chi connectivity index (χ4v) is 3.72. The molecule has 3 aromatic heterocycles. The summed E-state index contributed by atoms with van der Waals surface area (Å²) in [6.07, 6.45) is 0. The topological polar surface area (TPSA) is 66.0 Å². The molecule has 8 heteroatoms. The molecular weight excluding hydrogens is 332 g/mol. The monoisotopic (exact) mass is 350 g/mol. The van der Waals surface area contributed by atoms with Crippen molar-refractivity contribution in [1.29, 1.82) is 0 Å². The maximum atomic E-state index is 5.31. The third kappa shape index (κ3) is 3.65. The first-order chi connectivity index (χ1) is 11.2. The second-order valence-electron chi connectivity index (χ2n) is 5.03. The van der Waals surface area contributed by atoms with Crippen LogP contribution in [0.25, 0.3) is 11.5 Å². The number of methoxy groups -OCH3 is 1.